The molecule has 0 bridgehead atoms. The van der Waals surface area contributed by atoms with Gasteiger partial charge in [-0.25, -0.2) is 4.57 Å². The number of hydrogen-bond acceptors (Lipinski definition) is 6. The topological polar surface area (TPSA) is 51.2 Å². The van der Waals surface area contributed by atoms with Gasteiger partial charge in [-0.15, -0.1) is 0 Å². The number of nitrogens with zero attached hydrogens (tertiary/aromatic N) is 2. The van der Waals surface area contributed by atoms with Crippen molar-refractivity contribution in [3.63, 3.8) is 0 Å². The van der Waals surface area contributed by atoms with Crippen LogP contribution in [0.15, 0.2) is 0 Å². The van der Waals surface area contributed by atoms with Crippen LogP contribution >= 0.6 is 19.7 Å². The maximum atomic E-state index is 12.0. The molecule has 0 fully saturated rings. The molecule has 0 rings (SSSR count). The van der Waals surface area contributed by atoms with Crippen LogP contribution in [0.4, 0.5) is 0 Å². The number of hydrogen-bond donors (Lipinski definition) is 0. The number of rotatable bonds is 9. The summed E-state index contributed by atoms with van der Waals surface area (Å²) in [6, 6.07) is 0. The molecule has 0 aliphatic rings. The van der Waals surface area contributed by atoms with Crippen LogP contribution in [0.2, 0.25) is 0 Å². The van der Waals surface area contributed by atoms with Crippen molar-refractivity contribution >= 4 is 19.7 Å². The Labute approximate surface area is 102 Å². The first kappa shape index (κ1) is 16.3. The van der Waals surface area contributed by atoms with Crippen LogP contribution in [0.1, 0.15) is 27.7 Å². The van der Waals surface area contributed by atoms with E-state index in [1.54, 1.807) is 0 Å². The van der Waals surface area contributed by atoms with Crippen molar-refractivity contribution in [2.75, 3.05) is 26.2 Å². The average Bonchev–Trinajstić information content (AvgIpc) is 2.33. The Morgan fingerprint density at radius 1 is 0.938 bits per heavy atom. The number of phosphoric acid groups is 1. The summed E-state index contributed by atoms with van der Waals surface area (Å²) in [6.45, 7) is 9.67. The highest BCUT2D eigenvalue weighted by atomic mass is 35.5. The van der Waals surface area contributed by atoms with Gasteiger partial charge in [0.25, 0.3) is 0 Å². The third-order valence-electron chi connectivity index (χ3n) is 1.93. The molecule has 0 aliphatic heterocycles. The summed E-state index contributed by atoms with van der Waals surface area (Å²) in [6.07, 6.45) is 0. The van der Waals surface area contributed by atoms with E-state index in [2.05, 4.69) is 4.08 Å². The summed E-state index contributed by atoms with van der Waals surface area (Å²) < 4.78 is 26.4. The zero-order chi connectivity index (χ0) is 12.6. The first-order chi connectivity index (χ1) is 7.55. The number of hydroxylamine groups is 4. The minimum atomic E-state index is -3.76. The smallest absolute Gasteiger partial charge is 0.223 e. The van der Waals surface area contributed by atoms with Gasteiger partial charge in [-0.2, -0.15) is 23.5 Å². The fourth-order valence-corrected chi connectivity index (χ4v) is 2.26. The highest BCUT2D eigenvalue weighted by Crippen LogP contribution is 2.52. The Morgan fingerprint density at radius 3 is 1.44 bits per heavy atom. The highest BCUT2D eigenvalue weighted by molar-refractivity contribution is 7.49. The lowest BCUT2D eigenvalue weighted by Crippen LogP contribution is -2.27. The van der Waals surface area contributed by atoms with E-state index in [0.717, 1.165) is 0 Å². The molecule has 0 radical (unpaired) electrons. The van der Waals surface area contributed by atoms with Crippen molar-refractivity contribution in [1.82, 2.24) is 10.1 Å². The molecule has 0 aromatic heterocycles. The Kier molecular flexibility index (Phi) is 8.58. The monoisotopic (exact) mass is 274 g/mol. The average molecular weight is 275 g/mol. The molecule has 98 valence electrons. The molecule has 0 saturated heterocycles. The molecule has 0 unspecified atom stereocenters. The van der Waals surface area contributed by atoms with Gasteiger partial charge in [0.2, 0.25) is 0 Å². The molecule has 0 heterocycles. The molecule has 6 nitrogen and oxygen atoms in total. The van der Waals surface area contributed by atoms with Gasteiger partial charge in [0, 0.05) is 26.2 Å². The van der Waals surface area contributed by atoms with Crippen LogP contribution in [0, 0.1) is 0 Å². The van der Waals surface area contributed by atoms with Crippen molar-refractivity contribution in [3.8, 4) is 0 Å². The Balaban J connectivity index is 4.45. The second-order valence-electron chi connectivity index (χ2n) is 2.91. The molecular weight excluding hydrogens is 255 g/mol. The second-order valence-corrected chi connectivity index (χ2v) is 4.68. The molecular formula is C8H20ClN2O4P. The lowest BCUT2D eigenvalue weighted by atomic mass is 10.6. The predicted octanol–water partition coefficient (Wildman–Crippen LogP) is 2.81. The summed E-state index contributed by atoms with van der Waals surface area (Å²) >= 11 is 5.16. The van der Waals surface area contributed by atoms with Crippen LogP contribution in [0.3, 0.4) is 0 Å². The first-order valence-corrected chi connectivity index (χ1v) is 7.11. The van der Waals surface area contributed by atoms with Gasteiger partial charge < -0.3 is 0 Å². The molecule has 0 saturated carbocycles. The second kappa shape index (κ2) is 8.42. The minimum Gasteiger partial charge on any atom is -0.223 e. The van der Waals surface area contributed by atoms with Gasteiger partial charge in [0.1, 0.15) is 0 Å². The number of halogens is 1. The Morgan fingerprint density at radius 2 is 1.25 bits per heavy atom. The van der Waals surface area contributed by atoms with Crippen LogP contribution in [0.5, 0.6) is 0 Å². The van der Waals surface area contributed by atoms with E-state index < -0.39 is 7.82 Å². The molecule has 16 heavy (non-hydrogen) atoms. The predicted molar refractivity (Wildman–Crippen MR) is 62.6 cm³/mol. The van der Waals surface area contributed by atoms with Crippen molar-refractivity contribution in [2.24, 2.45) is 0 Å². The Hall–Kier alpha value is 0.320. The molecule has 0 aromatic carbocycles. The fraction of sp³-hybridized carbons (Fsp3) is 1.00. The van der Waals surface area contributed by atoms with Crippen molar-refractivity contribution in [1.29, 1.82) is 0 Å². The normalized spacial score (nSPS) is 12.7. The van der Waals surface area contributed by atoms with Gasteiger partial charge in [-0.05, 0) is 0 Å². The highest BCUT2D eigenvalue weighted by Gasteiger charge is 2.32. The molecule has 0 atom stereocenters. The lowest BCUT2D eigenvalue weighted by molar-refractivity contribution is -0.131. The zero-order valence-electron chi connectivity index (χ0n) is 10.2. The third-order valence-corrected chi connectivity index (χ3v) is 3.46. The van der Waals surface area contributed by atoms with E-state index in [9.17, 15) is 4.57 Å². The summed E-state index contributed by atoms with van der Waals surface area (Å²) in [7, 11) is -3.76. The van der Waals surface area contributed by atoms with Gasteiger partial charge in [0.15, 0.2) is 0 Å². The molecule has 0 spiro atoms. The van der Waals surface area contributed by atoms with E-state index in [1.807, 2.05) is 27.7 Å². The van der Waals surface area contributed by atoms with Gasteiger partial charge in [-0.3, -0.25) is 0 Å². The minimum absolute atomic E-state index is 0.558. The van der Waals surface area contributed by atoms with Crippen LogP contribution in [-0.2, 0) is 17.9 Å². The van der Waals surface area contributed by atoms with E-state index in [1.165, 1.54) is 10.1 Å². The van der Waals surface area contributed by atoms with Gasteiger partial charge in [0.05, 0.1) is 11.9 Å². The van der Waals surface area contributed by atoms with Crippen LogP contribution in [0.25, 0.3) is 0 Å². The summed E-state index contributed by atoms with van der Waals surface area (Å²) in [5.41, 5.74) is 0. The van der Waals surface area contributed by atoms with E-state index in [4.69, 9.17) is 21.1 Å². The molecule has 8 heteroatoms. The van der Waals surface area contributed by atoms with Gasteiger partial charge in [-0.1, -0.05) is 27.7 Å². The maximum Gasteiger partial charge on any atom is 0.524 e. The summed E-state index contributed by atoms with van der Waals surface area (Å²) in [5.74, 6) is 0. The first-order valence-electron chi connectivity index (χ1n) is 5.34. The summed E-state index contributed by atoms with van der Waals surface area (Å²) in [4.78, 5) is 0. The van der Waals surface area contributed by atoms with E-state index in [0.29, 0.717) is 26.2 Å². The SMILES string of the molecule is CCN(CC)OP(=O)(OCl)ON(CC)CC. The zero-order valence-corrected chi connectivity index (χ0v) is 11.8. The quantitative estimate of drug-likeness (QED) is 0.476. The van der Waals surface area contributed by atoms with Crippen molar-refractivity contribution in [2.45, 2.75) is 27.7 Å². The third kappa shape index (κ3) is 5.59. The van der Waals surface area contributed by atoms with Crippen LogP contribution in [-0.4, -0.2) is 36.3 Å². The van der Waals surface area contributed by atoms with E-state index >= 15 is 0 Å². The standard InChI is InChI=1S/C8H20ClN2O4P/c1-5-10(6-2)14-16(12,13-9)15-11(7-3)8-4/h5-8H2,1-4H3. The largest absolute Gasteiger partial charge is 0.524 e. The van der Waals surface area contributed by atoms with Crippen LogP contribution < -0.4 is 0 Å². The fourth-order valence-electron chi connectivity index (χ4n) is 1.00. The molecule has 0 aliphatic carbocycles. The van der Waals surface area contributed by atoms with Crippen molar-refractivity contribution < 1.29 is 17.9 Å². The Bertz CT molecular complexity index is 206. The van der Waals surface area contributed by atoms with Gasteiger partial charge >= 0.3 is 7.82 Å². The van der Waals surface area contributed by atoms with E-state index in [-0.39, 0.29) is 0 Å². The maximum absolute atomic E-state index is 12.0. The molecule has 0 aromatic rings. The molecule has 0 N–H and O–H groups in total. The lowest BCUT2D eigenvalue weighted by Gasteiger charge is -2.25. The van der Waals surface area contributed by atoms with Crippen molar-refractivity contribution in [3.05, 3.63) is 0 Å². The summed E-state index contributed by atoms with van der Waals surface area (Å²) in [5, 5.41) is 2.90. The molecule has 0 amide bonds.